The van der Waals surface area contributed by atoms with Crippen LogP contribution in [-0.4, -0.2) is 53.6 Å². The van der Waals surface area contributed by atoms with Crippen LogP contribution in [0.4, 0.5) is 18.0 Å². The Bertz CT molecular complexity index is 810. The minimum Gasteiger partial charge on any atom is -0.435 e. The largest absolute Gasteiger partial charge is 0.435 e. The molecule has 2 amide bonds. The van der Waals surface area contributed by atoms with Gasteiger partial charge in [-0.2, -0.15) is 8.78 Å². The number of nitrogens with one attached hydrogen (secondary N) is 1. The Morgan fingerprint density at radius 3 is 2.53 bits per heavy atom. The molecule has 6 nitrogen and oxygen atoms in total. The maximum absolute atomic E-state index is 13.2. The number of likely N-dealkylation sites (tertiary alicyclic amines) is 1. The molecule has 0 atom stereocenters. The summed E-state index contributed by atoms with van der Waals surface area (Å²) in [5.41, 5.74) is 1.37. The molecule has 0 spiro atoms. The molecule has 0 bridgehead atoms. The lowest BCUT2D eigenvalue weighted by Crippen LogP contribution is -2.49. The number of nitrogens with zero attached hydrogens (tertiary/aromatic N) is 3. The summed E-state index contributed by atoms with van der Waals surface area (Å²) in [6, 6.07) is 8.83. The van der Waals surface area contributed by atoms with E-state index in [0.717, 1.165) is 37.7 Å². The van der Waals surface area contributed by atoms with E-state index in [9.17, 15) is 18.0 Å². The average molecular weight is 422 g/mol. The number of aromatic nitrogens is 1. The van der Waals surface area contributed by atoms with Gasteiger partial charge in [0, 0.05) is 12.6 Å². The number of hydrogen-bond acceptors (Lipinski definition) is 4. The molecule has 0 radical (unpaired) electrons. The van der Waals surface area contributed by atoms with Crippen molar-refractivity contribution in [3.8, 4) is 5.75 Å². The van der Waals surface area contributed by atoms with Gasteiger partial charge in [0.1, 0.15) is 11.6 Å². The van der Waals surface area contributed by atoms with Crippen molar-refractivity contribution in [3.05, 3.63) is 59.7 Å². The zero-order valence-corrected chi connectivity index (χ0v) is 16.7. The van der Waals surface area contributed by atoms with Crippen molar-refractivity contribution in [1.82, 2.24) is 20.1 Å². The van der Waals surface area contributed by atoms with Crippen molar-refractivity contribution >= 4 is 6.03 Å². The van der Waals surface area contributed by atoms with Gasteiger partial charge >= 0.3 is 12.6 Å². The molecule has 1 aliphatic heterocycles. The first-order chi connectivity index (χ1) is 14.4. The molecule has 1 N–H and O–H groups in total. The molecule has 1 aromatic carbocycles. The van der Waals surface area contributed by atoms with Crippen LogP contribution in [0.25, 0.3) is 0 Å². The fraction of sp³-hybridized carbons (Fsp3) is 0.429. The number of ether oxygens (including phenoxy) is 1. The fourth-order valence-electron chi connectivity index (χ4n) is 3.42. The smallest absolute Gasteiger partial charge is 0.387 e. The first-order valence-electron chi connectivity index (χ1n) is 9.78. The lowest BCUT2D eigenvalue weighted by atomic mass is 10.0. The molecule has 30 heavy (non-hydrogen) atoms. The van der Waals surface area contributed by atoms with E-state index in [-0.39, 0.29) is 30.9 Å². The number of halogens is 3. The van der Waals surface area contributed by atoms with Crippen molar-refractivity contribution in [2.45, 2.75) is 38.6 Å². The minimum absolute atomic E-state index is 0.0508. The number of pyridine rings is 1. The van der Waals surface area contributed by atoms with Gasteiger partial charge in [-0.15, -0.1) is 0 Å². The monoisotopic (exact) mass is 422 g/mol. The van der Waals surface area contributed by atoms with E-state index in [4.69, 9.17) is 0 Å². The number of amides is 2. The van der Waals surface area contributed by atoms with Gasteiger partial charge in [-0.1, -0.05) is 12.1 Å². The van der Waals surface area contributed by atoms with E-state index in [1.54, 1.807) is 23.1 Å². The topological polar surface area (TPSA) is 57.7 Å². The number of hydrogen-bond donors (Lipinski definition) is 1. The zero-order chi connectivity index (χ0) is 21.5. The van der Waals surface area contributed by atoms with E-state index in [0.29, 0.717) is 5.69 Å². The van der Waals surface area contributed by atoms with Crippen LogP contribution in [0.5, 0.6) is 5.75 Å². The first-order valence-corrected chi connectivity index (χ1v) is 9.78. The summed E-state index contributed by atoms with van der Waals surface area (Å²) in [5, 5.41) is 2.88. The quantitative estimate of drug-likeness (QED) is 0.741. The van der Waals surface area contributed by atoms with Crippen molar-refractivity contribution in [2.24, 2.45) is 0 Å². The third-order valence-electron chi connectivity index (χ3n) is 5.10. The lowest BCUT2D eigenvalue weighted by molar-refractivity contribution is -0.0498. The summed E-state index contributed by atoms with van der Waals surface area (Å²) < 4.78 is 42.0. The van der Waals surface area contributed by atoms with Gasteiger partial charge in [0.25, 0.3) is 0 Å². The Kier molecular flexibility index (Phi) is 7.51. The van der Waals surface area contributed by atoms with Crippen LogP contribution >= 0.6 is 0 Å². The summed E-state index contributed by atoms with van der Waals surface area (Å²) in [6.45, 7) is -0.581. The van der Waals surface area contributed by atoms with Gasteiger partial charge in [-0.05, 0) is 62.8 Å². The third kappa shape index (κ3) is 6.35. The van der Waals surface area contributed by atoms with Gasteiger partial charge in [0.15, 0.2) is 0 Å². The van der Waals surface area contributed by atoms with Crippen LogP contribution in [0.3, 0.4) is 0 Å². The predicted octanol–water partition coefficient (Wildman–Crippen LogP) is 3.63. The number of benzene rings is 1. The number of carbonyl (C=O) groups is 1. The highest BCUT2D eigenvalue weighted by Gasteiger charge is 2.27. The second-order valence-electron chi connectivity index (χ2n) is 7.31. The molecule has 0 aliphatic carbocycles. The number of alkyl halides is 2. The van der Waals surface area contributed by atoms with Crippen LogP contribution in [0.1, 0.15) is 24.1 Å². The summed E-state index contributed by atoms with van der Waals surface area (Å²) in [5.74, 6) is -0.358. The van der Waals surface area contributed by atoms with Gasteiger partial charge in [0.05, 0.1) is 18.4 Å². The maximum Gasteiger partial charge on any atom is 0.387 e. The zero-order valence-electron chi connectivity index (χ0n) is 16.7. The summed E-state index contributed by atoms with van der Waals surface area (Å²) in [6.07, 6.45) is 2.82. The molecule has 9 heteroatoms. The molecule has 1 saturated heterocycles. The molecule has 0 unspecified atom stereocenters. The molecule has 2 heterocycles. The fourth-order valence-corrected chi connectivity index (χ4v) is 3.42. The predicted molar refractivity (Wildman–Crippen MR) is 106 cm³/mol. The second-order valence-corrected chi connectivity index (χ2v) is 7.31. The highest BCUT2D eigenvalue weighted by Crippen LogP contribution is 2.19. The molecule has 0 saturated carbocycles. The van der Waals surface area contributed by atoms with E-state index in [1.807, 2.05) is 7.05 Å². The van der Waals surface area contributed by atoms with Crippen molar-refractivity contribution < 1.29 is 22.7 Å². The van der Waals surface area contributed by atoms with Crippen molar-refractivity contribution in [1.29, 1.82) is 0 Å². The van der Waals surface area contributed by atoms with Crippen LogP contribution in [-0.2, 0) is 13.1 Å². The molecule has 3 rings (SSSR count). The highest BCUT2D eigenvalue weighted by molar-refractivity contribution is 5.74. The molecular weight excluding hydrogens is 397 g/mol. The first kappa shape index (κ1) is 21.9. The Morgan fingerprint density at radius 2 is 1.93 bits per heavy atom. The standard InChI is InChI=1S/C21H25F3N4O2/c1-27-10-8-18(9-11-27)28(14-17-5-4-16(22)13-25-17)21(29)26-12-15-2-6-19(7-3-15)30-20(23)24/h2-7,13,18,20H,8-12,14H2,1H3,(H,26,29). The van der Waals surface area contributed by atoms with E-state index in [2.05, 4.69) is 19.9 Å². The summed E-state index contributed by atoms with van der Waals surface area (Å²) in [4.78, 5) is 21.0. The number of carbonyl (C=O) groups excluding carboxylic acids is 1. The summed E-state index contributed by atoms with van der Waals surface area (Å²) in [7, 11) is 2.05. The normalized spacial score (nSPS) is 15.2. The Balaban J connectivity index is 1.64. The molecule has 1 fully saturated rings. The van der Waals surface area contributed by atoms with Crippen LogP contribution < -0.4 is 10.1 Å². The molecule has 1 aromatic heterocycles. The Hall–Kier alpha value is -2.81. The SMILES string of the molecule is CN1CCC(N(Cc2ccc(F)cn2)C(=O)NCc2ccc(OC(F)F)cc2)CC1. The molecular formula is C21H25F3N4O2. The average Bonchev–Trinajstić information content (AvgIpc) is 2.73. The maximum atomic E-state index is 13.2. The highest BCUT2D eigenvalue weighted by atomic mass is 19.3. The van der Waals surface area contributed by atoms with Gasteiger partial charge < -0.3 is 19.9 Å². The number of urea groups is 1. The van der Waals surface area contributed by atoms with E-state index in [1.165, 1.54) is 18.2 Å². The third-order valence-corrected chi connectivity index (χ3v) is 5.10. The van der Waals surface area contributed by atoms with Gasteiger partial charge in [0.2, 0.25) is 0 Å². The molecule has 162 valence electrons. The number of rotatable bonds is 7. The second kappa shape index (κ2) is 10.3. The Labute approximate surface area is 173 Å². The Morgan fingerprint density at radius 1 is 1.23 bits per heavy atom. The minimum atomic E-state index is -2.88. The number of piperidine rings is 1. The van der Waals surface area contributed by atoms with Crippen LogP contribution in [0.2, 0.25) is 0 Å². The summed E-state index contributed by atoms with van der Waals surface area (Å²) >= 11 is 0. The molecule has 1 aliphatic rings. The van der Waals surface area contributed by atoms with Crippen molar-refractivity contribution in [2.75, 3.05) is 20.1 Å². The van der Waals surface area contributed by atoms with Crippen LogP contribution in [0.15, 0.2) is 42.6 Å². The van der Waals surface area contributed by atoms with E-state index >= 15 is 0 Å². The van der Waals surface area contributed by atoms with Crippen molar-refractivity contribution in [3.63, 3.8) is 0 Å². The van der Waals surface area contributed by atoms with E-state index < -0.39 is 12.4 Å². The lowest BCUT2D eigenvalue weighted by Gasteiger charge is -2.37. The molecule has 2 aromatic rings. The van der Waals surface area contributed by atoms with Gasteiger partial charge in [-0.3, -0.25) is 4.98 Å². The van der Waals surface area contributed by atoms with Crippen LogP contribution in [0, 0.1) is 5.82 Å². The van der Waals surface area contributed by atoms with Gasteiger partial charge in [-0.25, -0.2) is 9.18 Å².